The Morgan fingerprint density at radius 3 is 2.65 bits per heavy atom. The predicted molar refractivity (Wildman–Crippen MR) is 73.9 cm³/mol. The van der Waals surface area contributed by atoms with Gasteiger partial charge in [0.2, 0.25) is 0 Å². The molecule has 1 amide bonds. The number of ether oxygens (including phenoxy) is 1. The number of hydrogen-bond donors (Lipinski definition) is 1. The number of rotatable bonds is 2. The van der Waals surface area contributed by atoms with Crippen LogP contribution in [0.2, 0.25) is 5.02 Å². The zero-order valence-corrected chi connectivity index (χ0v) is 12.4. The highest BCUT2D eigenvalue weighted by Gasteiger charge is 2.17. The van der Waals surface area contributed by atoms with Crippen LogP contribution in [0.5, 0.6) is 0 Å². The fourth-order valence-corrected chi connectivity index (χ4v) is 1.86. The number of anilines is 1. The fraction of sp³-hybridized carbons (Fsp3) is 0.417. The standard InChI is InChI=1S/C12H15BrClNO2/c1-12(2,3)17-11(16)15-10-6-9(14)5-4-8(10)7-13/h4-6H,7H2,1-3H3,(H,15,16). The Hall–Kier alpha value is -0.740. The molecule has 1 N–H and O–H groups in total. The van der Waals surface area contributed by atoms with E-state index in [-0.39, 0.29) is 0 Å². The van der Waals surface area contributed by atoms with Crippen LogP contribution in [0.3, 0.4) is 0 Å². The van der Waals surface area contributed by atoms with E-state index in [4.69, 9.17) is 16.3 Å². The monoisotopic (exact) mass is 319 g/mol. The summed E-state index contributed by atoms with van der Waals surface area (Å²) in [7, 11) is 0. The molecule has 1 aromatic rings. The van der Waals surface area contributed by atoms with Crippen molar-refractivity contribution < 1.29 is 9.53 Å². The maximum absolute atomic E-state index is 11.6. The number of benzene rings is 1. The summed E-state index contributed by atoms with van der Waals surface area (Å²) in [5, 5.41) is 3.89. The highest BCUT2D eigenvalue weighted by Crippen LogP contribution is 2.23. The summed E-state index contributed by atoms with van der Waals surface area (Å²) in [5.41, 5.74) is 1.08. The molecule has 5 heteroatoms. The molecule has 0 atom stereocenters. The van der Waals surface area contributed by atoms with Gasteiger partial charge in [-0.15, -0.1) is 0 Å². The first kappa shape index (κ1) is 14.3. The van der Waals surface area contributed by atoms with Crippen molar-refractivity contribution in [1.29, 1.82) is 0 Å². The zero-order chi connectivity index (χ0) is 13.1. The van der Waals surface area contributed by atoms with Gasteiger partial charge in [-0.1, -0.05) is 33.6 Å². The molecule has 0 aliphatic heterocycles. The van der Waals surface area contributed by atoms with Gasteiger partial charge in [0.25, 0.3) is 0 Å². The summed E-state index contributed by atoms with van der Waals surface area (Å²) in [6.07, 6.45) is -0.484. The van der Waals surface area contributed by atoms with Crippen LogP contribution in [-0.2, 0) is 10.1 Å². The van der Waals surface area contributed by atoms with E-state index in [1.165, 1.54) is 0 Å². The number of carbonyl (C=O) groups is 1. The van der Waals surface area contributed by atoms with Crippen molar-refractivity contribution in [2.45, 2.75) is 31.7 Å². The van der Waals surface area contributed by atoms with E-state index in [0.717, 1.165) is 5.56 Å². The summed E-state index contributed by atoms with van der Waals surface area (Å²) < 4.78 is 5.17. The van der Waals surface area contributed by atoms with E-state index in [1.807, 2.05) is 26.8 Å². The van der Waals surface area contributed by atoms with Gasteiger partial charge in [-0.05, 0) is 38.5 Å². The molecule has 0 bridgehead atoms. The molecule has 0 saturated carbocycles. The van der Waals surface area contributed by atoms with E-state index in [1.54, 1.807) is 12.1 Å². The second-order valence-electron chi connectivity index (χ2n) is 4.56. The smallest absolute Gasteiger partial charge is 0.412 e. The van der Waals surface area contributed by atoms with Gasteiger partial charge >= 0.3 is 6.09 Å². The quantitative estimate of drug-likeness (QED) is 0.810. The molecule has 94 valence electrons. The van der Waals surface area contributed by atoms with Crippen LogP contribution in [0.25, 0.3) is 0 Å². The average Bonchev–Trinajstić information content (AvgIpc) is 2.14. The zero-order valence-electron chi connectivity index (χ0n) is 10.0. The van der Waals surface area contributed by atoms with Gasteiger partial charge in [0, 0.05) is 16.0 Å². The van der Waals surface area contributed by atoms with Gasteiger partial charge in [-0.3, -0.25) is 5.32 Å². The molecule has 0 aliphatic rings. The second kappa shape index (κ2) is 5.74. The van der Waals surface area contributed by atoms with Crippen LogP contribution in [0.1, 0.15) is 26.3 Å². The third-order valence-corrected chi connectivity index (χ3v) is 2.69. The summed E-state index contributed by atoms with van der Waals surface area (Å²) in [5.74, 6) is 0. The summed E-state index contributed by atoms with van der Waals surface area (Å²) in [4.78, 5) is 11.6. The number of hydrogen-bond acceptors (Lipinski definition) is 2. The van der Waals surface area contributed by atoms with Crippen molar-refractivity contribution in [2.75, 3.05) is 5.32 Å². The molecule has 0 aromatic heterocycles. The molecular formula is C12H15BrClNO2. The van der Waals surface area contributed by atoms with Crippen LogP contribution in [0.15, 0.2) is 18.2 Å². The molecule has 0 spiro atoms. The van der Waals surface area contributed by atoms with Crippen LogP contribution in [-0.4, -0.2) is 11.7 Å². The van der Waals surface area contributed by atoms with Crippen molar-refractivity contribution >= 4 is 39.3 Å². The van der Waals surface area contributed by atoms with E-state index >= 15 is 0 Å². The number of alkyl halides is 1. The maximum atomic E-state index is 11.6. The van der Waals surface area contributed by atoms with Crippen LogP contribution < -0.4 is 5.32 Å². The number of carbonyl (C=O) groups excluding carboxylic acids is 1. The molecule has 0 unspecified atom stereocenters. The minimum Gasteiger partial charge on any atom is -0.444 e. The molecule has 3 nitrogen and oxygen atoms in total. The lowest BCUT2D eigenvalue weighted by atomic mass is 10.2. The molecule has 0 fully saturated rings. The molecule has 17 heavy (non-hydrogen) atoms. The van der Waals surface area contributed by atoms with Gasteiger partial charge in [0.15, 0.2) is 0 Å². The van der Waals surface area contributed by atoms with Gasteiger partial charge in [0.1, 0.15) is 5.60 Å². The van der Waals surface area contributed by atoms with E-state index in [2.05, 4.69) is 21.2 Å². The molecule has 0 radical (unpaired) electrons. The Morgan fingerprint density at radius 1 is 1.47 bits per heavy atom. The lowest BCUT2D eigenvalue weighted by Crippen LogP contribution is -2.27. The Balaban J connectivity index is 2.80. The lowest BCUT2D eigenvalue weighted by molar-refractivity contribution is 0.0636. The van der Waals surface area contributed by atoms with Crippen molar-refractivity contribution in [1.82, 2.24) is 0 Å². The van der Waals surface area contributed by atoms with E-state index < -0.39 is 11.7 Å². The Bertz CT molecular complexity index is 415. The topological polar surface area (TPSA) is 38.3 Å². The Labute approximate surface area is 115 Å². The van der Waals surface area contributed by atoms with Gasteiger partial charge in [-0.2, -0.15) is 0 Å². The third kappa shape index (κ3) is 4.96. The van der Waals surface area contributed by atoms with E-state index in [9.17, 15) is 4.79 Å². The fourth-order valence-electron chi connectivity index (χ4n) is 1.20. The molecule has 1 rings (SSSR count). The minimum absolute atomic E-state index is 0.484. The number of nitrogens with one attached hydrogen (secondary N) is 1. The van der Waals surface area contributed by atoms with Crippen molar-refractivity contribution in [2.24, 2.45) is 0 Å². The normalized spacial score (nSPS) is 11.1. The molecular weight excluding hydrogens is 305 g/mol. The van der Waals surface area contributed by atoms with Gasteiger partial charge in [0.05, 0.1) is 0 Å². The Morgan fingerprint density at radius 2 is 2.12 bits per heavy atom. The molecule has 0 aliphatic carbocycles. The van der Waals surface area contributed by atoms with E-state index in [0.29, 0.717) is 16.0 Å². The van der Waals surface area contributed by atoms with Gasteiger partial charge < -0.3 is 4.74 Å². The summed E-state index contributed by atoms with van der Waals surface area (Å²) in [6.45, 7) is 5.45. The average molecular weight is 321 g/mol. The van der Waals surface area contributed by atoms with Gasteiger partial charge in [-0.25, -0.2) is 4.79 Å². The Kier molecular flexibility index (Phi) is 4.83. The van der Waals surface area contributed by atoms with Crippen molar-refractivity contribution in [3.8, 4) is 0 Å². The molecule has 1 aromatic carbocycles. The second-order valence-corrected chi connectivity index (χ2v) is 5.56. The third-order valence-electron chi connectivity index (χ3n) is 1.85. The molecule has 0 saturated heterocycles. The number of halogens is 2. The first-order chi connectivity index (χ1) is 7.81. The number of amides is 1. The largest absolute Gasteiger partial charge is 0.444 e. The summed E-state index contributed by atoms with van der Waals surface area (Å²) in [6, 6.07) is 5.32. The van der Waals surface area contributed by atoms with Crippen molar-refractivity contribution in [3.05, 3.63) is 28.8 Å². The first-order valence-corrected chi connectivity index (χ1v) is 6.66. The van der Waals surface area contributed by atoms with Crippen LogP contribution in [0.4, 0.5) is 10.5 Å². The summed E-state index contributed by atoms with van der Waals surface area (Å²) >= 11 is 9.23. The van der Waals surface area contributed by atoms with Crippen LogP contribution >= 0.6 is 27.5 Å². The highest BCUT2D eigenvalue weighted by atomic mass is 79.9. The van der Waals surface area contributed by atoms with Crippen LogP contribution in [0, 0.1) is 0 Å². The minimum atomic E-state index is -0.517. The first-order valence-electron chi connectivity index (χ1n) is 5.16. The highest BCUT2D eigenvalue weighted by molar-refractivity contribution is 9.08. The predicted octanol–water partition coefficient (Wildman–Crippen LogP) is 4.58. The maximum Gasteiger partial charge on any atom is 0.412 e. The lowest BCUT2D eigenvalue weighted by Gasteiger charge is -2.20. The van der Waals surface area contributed by atoms with Crippen molar-refractivity contribution in [3.63, 3.8) is 0 Å². The molecule has 0 heterocycles. The SMILES string of the molecule is CC(C)(C)OC(=O)Nc1cc(Cl)ccc1CBr.